The number of aryl methyl sites for hydroxylation is 1. The van der Waals surface area contributed by atoms with Crippen molar-refractivity contribution < 1.29 is 5.11 Å². The van der Waals surface area contributed by atoms with Crippen LogP contribution in [0.4, 0.5) is 5.69 Å². The first-order chi connectivity index (χ1) is 9.24. The summed E-state index contributed by atoms with van der Waals surface area (Å²) in [7, 11) is 0. The summed E-state index contributed by atoms with van der Waals surface area (Å²) in [4.78, 5) is 0. The highest BCUT2D eigenvalue weighted by Gasteiger charge is 2.13. The molecule has 2 aromatic carbocycles. The third-order valence-corrected chi connectivity index (χ3v) is 3.65. The summed E-state index contributed by atoms with van der Waals surface area (Å²) in [6, 6.07) is 16.1. The van der Waals surface area contributed by atoms with Gasteiger partial charge in [0.25, 0.3) is 0 Å². The van der Waals surface area contributed by atoms with Crippen LogP contribution in [0.3, 0.4) is 0 Å². The van der Waals surface area contributed by atoms with Gasteiger partial charge in [0.15, 0.2) is 0 Å². The van der Waals surface area contributed by atoms with Crippen LogP contribution in [0.15, 0.2) is 53.0 Å². The number of anilines is 1. The van der Waals surface area contributed by atoms with E-state index in [0.29, 0.717) is 0 Å². The minimum atomic E-state index is -0.0783. The lowest BCUT2D eigenvalue weighted by Crippen LogP contribution is -2.16. The van der Waals surface area contributed by atoms with E-state index in [0.717, 1.165) is 22.1 Å². The average molecular weight is 320 g/mol. The molecule has 0 heterocycles. The first-order valence-electron chi connectivity index (χ1n) is 6.45. The van der Waals surface area contributed by atoms with Crippen molar-refractivity contribution in [1.29, 1.82) is 0 Å². The average Bonchev–Trinajstić information content (AvgIpc) is 2.45. The molecular weight excluding hydrogens is 302 g/mol. The van der Waals surface area contributed by atoms with Crippen molar-refractivity contribution in [2.75, 3.05) is 11.9 Å². The Kier molecular flexibility index (Phi) is 5.00. The molecule has 0 aliphatic heterocycles. The zero-order chi connectivity index (χ0) is 13.7. The molecule has 0 fully saturated rings. The van der Waals surface area contributed by atoms with Crippen molar-refractivity contribution in [2.45, 2.75) is 19.4 Å². The highest BCUT2D eigenvalue weighted by molar-refractivity contribution is 9.10. The van der Waals surface area contributed by atoms with Gasteiger partial charge in [-0.25, -0.2) is 0 Å². The Balaban J connectivity index is 2.25. The third-order valence-electron chi connectivity index (χ3n) is 3.16. The quantitative estimate of drug-likeness (QED) is 0.867. The maximum absolute atomic E-state index is 9.66. The van der Waals surface area contributed by atoms with Gasteiger partial charge in [0.1, 0.15) is 0 Å². The van der Waals surface area contributed by atoms with Crippen LogP contribution in [0, 0.1) is 0 Å². The van der Waals surface area contributed by atoms with E-state index in [4.69, 9.17) is 0 Å². The van der Waals surface area contributed by atoms with Gasteiger partial charge in [0, 0.05) is 10.2 Å². The number of hydrogen-bond donors (Lipinski definition) is 2. The lowest BCUT2D eigenvalue weighted by atomic mass is 9.99. The summed E-state index contributed by atoms with van der Waals surface area (Å²) in [5.74, 6) is 0. The van der Waals surface area contributed by atoms with Crippen molar-refractivity contribution in [1.82, 2.24) is 0 Å². The molecule has 2 N–H and O–H groups in total. The maximum Gasteiger partial charge on any atom is 0.0747 e. The van der Waals surface area contributed by atoms with E-state index in [1.165, 1.54) is 5.56 Å². The highest BCUT2D eigenvalue weighted by atomic mass is 79.9. The molecule has 3 heteroatoms. The molecule has 0 aromatic heterocycles. The number of rotatable bonds is 5. The van der Waals surface area contributed by atoms with Crippen LogP contribution in [0.5, 0.6) is 0 Å². The van der Waals surface area contributed by atoms with E-state index in [2.05, 4.69) is 40.3 Å². The molecular formula is C16H18BrNO. The molecule has 2 nitrogen and oxygen atoms in total. The summed E-state index contributed by atoms with van der Waals surface area (Å²) in [5, 5.41) is 13.0. The van der Waals surface area contributed by atoms with Gasteiger partial charge in [-0.05, 0) is 35.7 Å². The second-order valence-corrected chi connectivity index (χ2v) is 5.36. The Morgan fingerprint density at radius 1 is 1.16 bits per heavy atom. The van der Waals surface area contributed by atoms with Crippen LogP contribution >= 0.6 is 15.9 Å². The van der Waals surface area contributed by atoms with E-state index < -0.39 is 0 Å². The fraction of sp³-hybridized carbons (Fsp3) is 0.250. The predicted octanol–water partition coefficient (Wildman–Crippen LogP) is 4.16. The molecule has 1 unspecified atom stereocenters. The summed E-state index contributed by atoms with van der Waals surface area (Å²) in [5.41, 5.74) is 3.43. The fourth-order valence-electron chi connectivity index (χ4n) is 2.20. The smallest absolute Gasteiger partial charge is 0.0747 e. The van der Waals surface area contributed by atoms with Crippen LogP contribution in [-0.4, -0.2) is 11.7 Å². The standard InChI is InChI=1S/C16H18BrNO/c1-2-12-6-3-4-9-15(12)16(11-19)18-14-8-5-7-13(17)10-14/h3-10,16,18-19H,2,11H2,1H3. The lowest BCUT2D eigenvalue weighted by molar-refractivity contribution is 0.276. The Bertz CT molecular complexity index is 542. The zero-order valence-electron chi connectivity index (χ0n) is 10.9. The Morgan fingerprint density at radius 3 is 2.63 bits per heavy atom. The van der Waals surface area contributed by atoms with Crippen LogP contribution < -0.4 is 5.32 Å². The normalized spacial score (nSPS) is 12.2. The van der Waals surface area contributed by atoms with Gasteiger partial charge in [-0.2, -0.15) is 0 Å². The highest BCUT2D eigenvalue weighted by Crippen LogP contribution is 2.24. The largest absolute Gasteiger partial charge is 0.394 e. The van der Waals surface area contributed by atoms with E-state index in [1.807, 2.05) is 36.4 Å². The number of aliphatic hydroxyl groups excluding tert-OH is 1. The molecule has 0 aliphatic carbocycles. The molecule has 0 saturated carbocycles. The minimum absolute atomic E-state index is 0.0729. The second kappa shape index (κ2) is 6.73. The fourth-order valence-corrected chi connectivity index (χ4v) is 2.60. The Morgan fingerprint density at radius 2 is 1.95 bits per heavy atom. The molecule has 1 atom stereocenters. The molecule has 0 saturated heterocycles. The van der Waals surface area contributed by atoms with Crippen molar-refractivity contribution in [3.05, 3.63) is 64.1 Å². The van der Waals surface area contributed by atoms with Crippen molar-refractivity contribution in [3.63, 3.8) is 0 Å². The predicted molar refractivity (Wildman–Crippen MR) is 83.4 cm³/mol. The second-order valence-electron chi connectivity index (χ2n) is 4.44. The van der Waals surface area contributed by atoms with Crippen molar-refractivity contribution in [2.24, 2.45) is 0 Å². The molecule has 0 amide bonds. The number of nitrogens with one attached hydrogen (secondary N) is 1. The molecule has 0 radical (unpaired) electrons. The van der Waals surface area contributed by atoms with E-state index in [1.54, 1.807) is 0 Å². The molecule has 100 valence electrons. The SMILES string of the molecule is CCc1ccccc1C(CO)Nc1cccc(Br)c1. The van der Waals surface area contributed by atoms with Gasteiger partial charge in [0.2, 0.25) is 0 Å². The van der Waals surface area contributed by atoms with E-state index in [-0.39, 0.29) is 12.6 Å². The van der Waals surface area contributed by atoms with E-state index in [9.17, 15) is 5.11 Å². The van der Waals surface area contributed by atoms with Crippen LogP contribution in [0.2, 0.25) is 0 Å². The third kappa shape index (κ3) is 3.58. The number of hydrogen-bond acceptors (Lipinski definition) is 2. The Hall–Kier alpha value is -1.32. The Labute approximate surface area is 122 Å². The van der Waals surface area contributed by atoms with Crippen molar-refractivity contribution in [3.8, 4) is 0 Å². The molecule has 0 spiro atoms. The number of aliphatic hydroxyl groups is 1. The summed E-state index contributed by atoms with van der Waals surface area (Å²) in [6.07, 6.45) is 0.965. The maximum atomic E-state index is 9.66. The zero-order valence-corrected chi connectivity index (χ0v) is 12.5. The van der Waals surface area contributed by atoms with Crippen LogP contribution in [0.25, 0.3) is 0 Å². The van der Waals surface area contributed by atoms with Gasteiger partial charge in [-0.1, -0.05) is 53.2 Å². The van der Waals surface area contributed by atoms with E-state index >= 15 is 0 Å². The molecule has 2 aromatic rings. The van der Waals surface area contributed by atoms with Gasteiger partial charge >= 0.3 is 0 Å². The van der Waals surface area contributed by atoms with Crippen LogP contribution in [0.1, 0.15) is 24.1 Å². The summed E-state index contributed by atoms with van der Waals surface area (Å²) < 4.78 is 1.03. The van der Waals surface area contributed by atoms with Gasteiger partial charge in [-0.3, -0.25) is 0 Å². The first-order valence-corrected chi connectivity index (χ1v) is 7.24. The van der Waals surface area contributed by atoms with Gasteiger partial charge in [0.05, 0.1) is 12.6 Å². The van der Waals surface area contributed by atoms with Gasteiger partial charge in [-0.15, -0.1) is 0 Å². The number of halogens is 1. The first kappa shape index (κ1) is 14.1. The van der Waals surface area contributed by atoms with Crippen molar-refractivity contribution >= 4 is 21.6 Å². The summed E-state index contributed by atoms with van der Waals surface area (Å²) in [6.45, 7) is 2.20. The van der Waals surface area contributed by atoms with Gasteiger partial charge < -0.3 is 10.4 Å². The monoisotopic (exact) mass is 319 g/mol. The molecule has 19 heavy (non-hydrogen) atoms. The molecule has 2 rings (SSSR count). The molecule has 0 aliphatic rings. The summed E-state index contributed by atoms with van der Waals surface area (Å²) >= 11 is 3.46. The lowest BCUT2D eigenvalue weighted by Gasteiger charge is -2.21. The minimum Gasteiger partial charge on any atom is -0.394 e. The topological polar surface area (TPSA) is 32.3 Å². The number of benzene rings is 2. The van der Waals surface area contributed by atoms with Crippen LogP contribution in [-0.2, 0) is 6.42 Å². The molecule has 0 bridgehead atoms.